The lowest BCUT2D eigenvalue weighted by atomic mass is 10.0. The highest BCUT2D eigenvalue weighted by Gasteiger charge is 2.14. The van der Waals surface area contributed by atoms with Crippen LogP contribution in [0.5, 0.6) is 5.75 Å². The Balaban J connectivity index is 1.68. The average molecular weight is 551 g/mol. The van der Waals surface area contributed by atoms with Crippen LogP contribution >= 0.6 is 31.9 Å². The molecular weight excluding hydrogens is 534 g/mol. The van der Waals surface area contributed by atoms with Crippen LogP contribution in [-0.4, -0.2) is 21.6 Å². The first-order chi connectivity index (χ1) is 15.6. The van der Waals surface area contributed by atoms with Crippen molar-refractivity contribution in [3.05, 3.63) is 93.4 Å². The van der Waals surface area contributed by atoms with Crippen molar-refractivity contribution in [2.45, 2.75) is 5.33 Å². The smallest absolute Gasteiger partial charge is 0.279 e. The second-order valence-electron chi connectivity index (χ2n) is 7.25. The zero-order valence-electron chi connectivity index (χ0n) is 17.0. The summed E-state index contributed by atoms with van der Waals surface area (Å²) in [5, 5.41) is 2.54. The van der Waals surface area contributed by atoms with Crippen LogP contribution in [0.2, 0.25) is 0 Å². The Bertz CT molecular complexity index is 1550. The summed E-state index contributed by atoms with van der Waals surface area (Å²) in [5.41, 5.74) is 4.28. The molecule has 0 fully saturated rings. The third-order valence-corrected chi connectivity index (χ3v) is 6.74. The first-order valence-corrected chi connectivity index (χ1v) is 11.8. The maximum atomic E-state index is 13.1. The summed E-state index contributed by atoms with van der Waals surface area (Å²) >= 11 is 7.01. The van der Waals surface area contributed by atoms with E-state index in [0.29, 0.717) is 22.2 Å². The number of nitrogens with zero attached hydrogens (tertiary/aromatic N) is 3. The molecular formula is C25H17Br2N3O2. The van der Waals surface area contributed by atoms with Gasteiger partial charge in [-0.15, -0.1) is 0 Å². The molecule has 7 heteroatoms. The van der Waals surface area contributed by atoms with E-state index in [9.17, 15) is 4.79 Å². The highest BCUT2D eigenvalue weighted by Crippen LogP contribution is 2.35. The molecule has 5 aromatic rings. The lowest BCUT2D eigenvalue weighted by Crippen LogP contribution is -2.24. The van der Waals surface area contributed by atoms with E-state index < -0.39 is 0 Å². The number of halogens is 2. The molecule has 0 N–H and O–H groups in total. The summed E-state index contributed by atoms with van der Waals surface area (Å²) in [6.07, 6.45) is 1.67. The topological polar surface area (TPSA) is 57.0 Å². The molecule has 0 bridgehead atoms. The monoisotopic (exact) mass is 549 g/mol. The average Bonchev–Trinajstić information content (AvgIpc) is 2.84. The van der Waals surface area contributed by atoms with Gasteiger partial charge in [0.05, 0.1) is 22.6 Å². The van der Waals surface area contributed by atoms with Gasteiger partial charge in [0, 0.05) is 6.20 Å². The van der Waals surface area contributed by atoms with Gasteiger partial charge in [-0.25, -0.2) is 9.97 Å². The summed E-state index contributed by atoms with van der Waals surface area (Å²) in [6, 6.07) is 21.9. The Morgan fingerprint density at radius 1 is 1.00 bits per heavy atom. The minimum atomic E-state index is -0.181. The normalized spacial score (nSPS) is 11.2. The Hall–Kier alpha value is -3.03. The fourth-order valence-electron chi connectivity index (χ4n) is 3.83. The van der Waals surface area contributed by atoms with E-state index in [1.165, 1.54) is 0 Å². The van der Waals surface area contributed by atoms with Crippen LogP contribution < -0.4 is 10.3 Å². The molecule has 0 unspecified atom stereocenters. The van der Waals surface area contributed by atoms with Gasteiger partial charge in [0.2, 0.25) is 0 Å². The molecule has 0 aliphatic carbocycles. The number of benzene rings is 3. The van der Waals surface area contributed by atoms with E-state index in [1.807, 2.05) is 48.5 Å². The van der Waals surface area contributed by atoms with Gasteiger partial charge in [-0.3, -0.25) is 9.36 Å². The molecule has 0 aliphatic rings. The quantitative estimate of drug-likeness (QED) is 0.248. The third-order valence-electron chi connectivity index (χ3n) is 5.39. The zero-order chi connectivity index (χ0) is 22.2. The van der Waals surface area contributed by atoms with Gasteiger partial charge in [0.15, 0.2) is 5.65 Å². The maximum Gasteiger partial charge on any atom is 0.279 e. The number of methoxy groups -OCH3 is 1. The SMILES string of the molecule is COc1ccc2cc(-c3cccc(-n4c(=O)c(CBr)nc5cccnc54)c3)ccc2c1Br. The van der Waals surface area contributed by atoms with E-state index in [2.05, 4.69) is 60.0 Å². The van der Waals surface area contributed by atoms with Gasteiger partial charge < -0.3 is 4.74 Å². The molecule has 0 spiro atoms. The molecule has 0 atom stereocenters. The predicted octanol–water partition coefficient (Wildman–Crippen LogP) is 6.27. The second kappa shape index (κ2) is 8.48. The minimum Gasteiger partial charge on any atom is -0.496 e. The third kappa shape index (κ3) is 3.51. The number of ether oxygens (including phenoxy) is 1. The first-order valence-electron chi connectivity index (χ1n) is 9.90. The fourth-order valence-corrected chi connectivity index (χ4v) is 4.85. The van der Waals surface area contributed by atoms with E-state index in [-0.39, 0.29) is 5.56 Å². The van der Waals surface area contributed by atoms with Crippen molar-refractivity contribution < 1.29 is 4.74 Å². The Morgan fingerprint density at radius 3 is 2.66 bits per heavy atom. The predicted molar refractivity (Wildman–Crippen MR) is 135 cm³/mol. The summed E-state index contributed by atoms with van der Waals surface area (Å²) in [6.45, 7) is 0. The molecule has 0 amide bonds. The van der Waals surface area contributed by atoms with Crippen LogP contribution in [0.4, 0.5) is 0 Å². The van der Waals surface area contributed by atoms with Crippen molar-refractivity contribution in [3.63, 3.8) is 0 Å². The number of hydrogen-bond acceptors (Lipinski definition) is 4. The molecule has 0 aliphatic heterocycles. The Kier molecular flexibility index (Phi) is 5.53. The highest BCUT2D eigenvalue weighted by molar-refractivity contribution is 9.10. The standard InChI is InChI=1S/C25H17Br2N3O2/c1-32-22-10-8-17-12-16(7-9-19(17)23(22)27)15-4-2-5-18(13-15)30-24-20(6-3-11-28-24)29-21(14-26)25(30)31/h2-13H,14H2,1H3. The fraction of sp³-hybridized carbons (Fsp3) is 0.0800. The zero-order valence-corrected chi connectivity index (χ0v) is 20.2. The van der Waals surface area contributed by atoms with Gasteiger partial charge in [0.25, 0.3) is 5.56 Å². The Labute approximate surface area is 201 Å². The van der Waals surface area contributed by atoms with Crippen LogP contribution in [0.15, 0.2) is 82.2 Å². The molecule has 5 nitrogen and oxygen atoms in total. The molecule has 32 heavy (non-hydrogen) atoms. The van der Waals surface area contributed by atoms with E-state index in [1.54, 1.807) is 17.9 Å². The molecule has 5 rings (SSSR count). The van der Waals surface area contributed by atoms with E-state index in [0.717, 1.165) is 37.8 Å². The van der Waals surface area contributed by atoms with Crippen molar-refractivity contribution in [1.82, 2.24) is 14.5 Å². The molecule has 0 saturated heterocycles. The number of aromatic nitrogens is 3. The van der Waals surface area contributed by atoms with Crippen LogP contribution in [0.1, 0.15) is 5.69 Å². The summed E-state index contributed by atoms with van der Waals surface area (Å²) in [4.78, 5) is 22.0. The minimum absolute atomic E-state index is 0.181. The highest BCUT2D eigenvalue weighted by atomic mass is 79.9. The molecule has 2 aromatic heterocycles. The summed E-state index contributed by atoms with van der Waals surface area (Å²) in [7, 11) is 1.66. The van der Waals surface area contributed by atoms with Crippen molar-refractivity contribution >= 4 is 53.8 Å². The van der Waals surface area contributed by atoms with E-state index in [4.69, 9.17) is 4.74 Å². The van der Waals surface area contributed by atoms with E-state index >= 15 is 0 Å². The summed E-state index contributed by atoms with van der Waals surface area (Å²) < 4.78 is 7.97. The van der Waals surface area contributed by atoms with Crippen molar-refractivity contribution in [3.8, 4) is 22.6 Å². The molecule has 2 heterocycles. The maximum absolute atomic E-state index is 13.1. The number of pyridine rings is 1. The van der Waals surface area contributed by atoms with Gasteiger partial charge in [-0.05, 0) is 74.2 Å². The number of fused-ring (bicyclic) bond motifs is 2. The van der Waals surface area contributed by atoms with Crippen LogP contribution in [-0.2, 0) is 5.33 Å². The van der Waals surface area contributed by atoms with Gasteiger partial charge in [-0.1, -0.05) is 46.3 Å². The molecule has 158 valence electrons. The van der Waals surface area contributed by atoms with Gasteiger partial charge in [-0.2, -0.15) is 0 Å². The van der Waals surface area contributed by atoms with Crippen molar-refractivity contribution in [2.24, 2.45) is 0 Å². The van der Waals surface area contributed by atoms with Crippen LogP contribution in [0.25, 0.3) is 38.8 Å². The number of hydrogen-bond donors (Lipinski definition) is 0. The van der Waals surface area contributed by atoms with Crippen LogP contribution in [0.3, 0.4) is 0 Å². The number of rotatable bonds is 4. The van der Waals surface area contributed by atoms with Gasteiger partial charge >= 0.3 is 0 Å². The van der Waals surface area contributed by atoms with Gasteiger partial charge in [0.1, 0.15) is 17.0 Å². The largest absolute Gasteiger partial charge is 0.496 e. The molecule has 0 radical (unpaired) electrons. The lowest BCUT2D eigenvalue weighted by molar-refractivity contribution is 0.413. The van der Waals surface area contributed by atoms with Crippen molar-refractivity contribution in [2.75, 3.05) is 7.11 Å². The summed E-state index contributed by atoms with van der Waals surface area (Å²) in [5.74, 6) is 0.797. The Morgan fingerprint density at radius 2 is 1.84 bits per heavy atom. The molecule has 0 saturated carbocycles. The van der Waals surface area contributed by atoms with Crippen molar-refractivity contribution in [1.29, 1.82) is 0 Å². The second-order valence-corrected chi connectivity index (χ2v) is 8.60. The number of alkyl halides is 1. The molecule has 3 aromatic carbocycles. The van der Waals surface area contributed by atoms with Crippen LogP contribution in [0, 0.1) is 0 Å². The first kappa shape index (κ1) is 20.8. The lowest BCUT2D eigenvalue weighted by Gasteiger charge is -2.13.